The van der Waals surface area contributed by atoms with Gasteiger partial charge in [-0.2, -0.15) is 0 Å². The number of hydrogen-bond acceptors (Lipinski definition) is 2. The van der Waals surface area contributed by atoms with Crippen molar-refractivity contribution in [2.24, 2.45) is 5.92 Å². The average Bonchev–Trinajstić information content (AvgIpc) is 2.49. The molecule has 0 N–H and O–H groups in total. The van der Waals surface area contributed by atoms with E-state index in [9.17, 15) is 4.79 Å². The van der Waals surface area contributed by atoms with Gasteiger partial charge in [0.15, 0.2) is 5.78 Å². The van der Waals surface area contributed by atoms with Gasteiger partial charge in [0.2, 0.25) is 0 Å². The zero-order valence-corrected chi connectivity index (χ0v) is 10.1. The van der Waals surface area contributed by atoms with Crippen molar-refractivity contribution in [2.75, 3.05) is 7.11 Å². The molecule has 2 atom stereocenters. The largest absolute Gasteiger partial charge is 0.501 e. The van der Waals surface area contributed by atoms with Gasteiger partial charge in [0.05, 0.1) is 18.8 Å². The van der Waals surface area contributed by atoms with E-state index in [-0.39, 0.29) is 17.6 Å². The quantitative estimate of drug-likeness (QED) is 0.777. The molecule has 1 aliphatic carbocycles. The van der Waals surface area contributed by atoms with Crippen molar-refractivity contribution in [3.63, 3.8) is 0 Å². The molecule has 0 aliphatic heterocycles. The monoisotopic (exact) mass is 228 g/mol. The summed E-state index contributed by atoms with van der Waals surface area (Å²) in [6, 6.07) is 9.86. The Kier molecular flexibility index (Phi) is 3.43. The van der Waals surface area contributed by atoms with Gasteiger partial charge in [-0.15, -0.1) is 0 Å². The van der Waals surface area contributed by atoms with E-state index in [1.54, 1.807) is 19.3 Å². The Morgan fingerprint density at radius 2 is 1.88 bits per heavy atom. The van der Waals surface area contributed by atoms with Crippen LogP contribution in [0.2, 0.25) is 0 Å². The smallest absolute Gasteiger partial charge is 0.163 e. The third-order valence-electron chi connectivity index (χ3n) is 3.17. The topological polar surface area (TPSA) is 26.3 Å². The summed E-state index contributed by atoms with van der Waals surface area (Å²) in [6.07, 6.45) is 5.26. The SMILES string of the molecule is COC1=CC=CC(=O)[C@H](c2ccccc2)[C@H]1C. The number of carbonyl (C=O) groups excluding carboxylic acids is 1. The van der Waals surface area contributed by atoms with E-state index in [0.29, 0.717) is 0 Å². The van der Waals surface area contributed by atoms with Crippen molar-refractivity contribution in [1.82, 2.24) is 0 Å². The molecule has 2 rings (SSSR count). The Labute approximate surface area is 102 Å². The predicted molar refractivity (Wildman–Crippen MR) is 67.6 cm³/mol. The summed E-state index contributed by atoms with van der Waals surface area (Å²) in [6.45, 7) is 2.03. The molecule has 2 heteroatoms. The first kappa shape index (κ1) is 11.6. The zero-order chi connectivity index (χ0) is 12.3. The summed E-state index contributed by atoms with van der Waals surface area (Å²) in [5.41, 5.74) is 1.04. The predicted octanol–water partition coefficient (Wildman–Crippen LogP) is 3.08. The van der Waals surface area contributed by atoms with Gasteiger partial charge in [-0.25, -0.2) is 0 Å². The maximum Gasteiger partial charge on any atom is 0.163 e. The van der Waals surface area contributed by atoms with Crippen LogP contribution in [0.3, 0.4) is 0 Å². The summed E-state index contributed by atoms with van der Waals surface area (Å²) in [4.78, 5) is 12.1. The van der Waals surface area contributed by atoms with Crippen LogP contribution in [0.15, 0.2) is 54.3 Å². The van der Waals surface area contributed by atoms with Gasteiger partial charge in [0.1, 0.15) is 0 Å². The molecule has 0 fully saturated rings. The molecule has 88 valence electrons. The molecule has 0 heterocycles. The second-order valence-electron chi connectivity index (χ2n) is 4.21. The van der Waals surface area contributed by atoms with E-state index < -0.39 is 0 Å². The molecule has 0 aromatic heterocycles. The van der Waals surface area contributed by atoms with Crippen LogP contribution >= 0.6 is 0 Å². The summed E-state index contributed by atoms with van der Waals surface area (Å²) in [5, 5.41) is 0. The molecular weight excluding hydrogens is 212 g/mol. The van der Waals surface area contributed by atoms with Gasteiger partial charge >= 0.3 is 0 Å². The van der Waals surface area contributed by atoms with Gasteiger partial charge in [0, 0.05) is 5.92 Å². The number of carbonyl (C=O) groups is 1. The summed E-state index contributed by atoms with van der Waals surface area (Å²) >= 11 is 0. The molecule has 0 amide bonds. The Morgan fingerprint density at radius 3 is 2.53 bits per heavy atom. The maximum atomic E-state index is 12.1. The molecule has 1 aliphatic rings. The lowest BCUT2D eigenvalue weighted by atomic mass is 9.83. The van der Waals surface area contributed by atoms with Gasteiger partial charge < -0.3 is 4.74 Å². The van der Waals surface area contributed by atoms with Crippen LogP contribution in [0, 0.1) is 5.92 Å². The van der Waals surface area contributed by atoms with E-state index in [1.807, 2.05) is 43.3 Å². The van der Waals surface area contributed by atoms with Crippen molar-refractivity contribution >= 4 is 5.78 Å². The molecule has 1 aromatic rings. The number of methoxy groups -OCH3 is 1. The number of benzene rings is 1. The summed E-state index contributed by atoms with van der Waals surface area (Å²) in [5.74, 6) is 0.888. The molecule has 17 heavy (non-hydrogen) atoms. The number of allylic oxidation sites excluding steroid dienone is 4. The highest BCUT2D eigenvalue weighted by molar-refractivity contribution is 5.96. The molecular formula is C15H16O2. The lowest BCUT2D eigenvalue weighted by Gasteiger charge is -2.22. The highest BCUT2D eigenvalue weighted by atomic mass is 16.5. The van der Waals surface area contributed by atoms with E-state index in [0.717, 1.165) is 11.3 Å². The van der Waals surface area contributed by atoms with Gasteiger partial charge in [-0.1, -0.05) is 43.3 Å². The van der Waals surface area contributed by atoms with E-state index >= 15 is 0 Å². The number of ether oxygens (including phenoxy) is 1. The first-order valence-corrected chi connectivity index (χ1v) is 5.75. The third-order valence-corrected chi connectivity index (χ3v) is 3.17. The minimum atomic E-state index is -0.152. The van der Waals surface area contributed by atoms with Gasteiger partial charge in [0.25, 0.3) is 0 Å². The van der Waals surface area contributed by atoms with Crippen LogP contribution < -0.4 is 0 Å². The Balaban J connectivity index is 2.40. The minimum Gasteiger partial charge on any atom is -0.501 e. The third kappa shape index (κ3) is 2.31. The molecule has 0 spiro atoms. The fourth-order valence-electron chi connectivity index (χ4n) is 2.27. The zero-order valence-electron chi connectivity index (χ0n) is 10.1. The second kappa shape index (κ2) is 5.00. The molecule has 0 saturated heterocycles. The van der Waals surface area contributed by atoms with E-state index in [4.69, 9.17) is 4.74 Å². The standard InChI is InChI=1S/C15H16O2/c1-11-14(17-2)10-6-9-13(16)15(11)12-7-4-3-5-8-12/h3-11,15H,1-2H3/t11-,15-/m0/s1. The fourth-order valence-corrected chi connectivity index (χ4v) is 2.27. The van der Waals surface area contributed by atoms with Crippen molar-refractivity contribution < 1.29 is 9.53 Å². The molecule has 2 nitrogen and oxygen atoms in total. The molecule has 0 radical (unpaired) electrons. The second-order valence-corrected chi connectivity index (χ2v) is 4.21. The highest BCUT2D eigenvalue weighted by Crippen LogP contribution is 2.33. The summed E-state index contributed by atoms with van der Waals surface area (Å²) < 4.78 is 5.34. The Hall–Kier alpha value is -1.83. The molecule has 0 saturated carbocycles. The minimum absolute atomic E-state index is 0.0601. The van der Waals surface area contributed by atoms with Crippen LogP contribution in [0.1, 0.15) is 18.4 Å². The van der Waals surface area contributed by atoms with Crippen molar-refractivity contribution in [2.45, 2.75) is 12.8 Å². The highest BCUT2D eigenvalue weighted by Gasteiger charge is 2.29. The lowest BCUT2D eigenvalue weighted by molar-refractivity contribution is -0.116. The average molecular weight is 228 g/mol. The number of rotatable bonds is 2. The number of ketones is 1. The molecule has 0 unspecified atom stereocenters. The molecule has 1 aromatic carbocycles. The van der Waals surface area contributed by atoms with Crippen LogP contribution in [0.5, 0.6) is 0 Å². The Bertz CT molecular complexity index is 457. The first-order chi connectivity index (χ1) is 8.24. The van der Waals surface area contributed by atoms with Crippen molar-refractivity contribution in [3.8, 4) is 0 Å². The van der Waals surface area contributed by atoms with Crippen molar-refractivity contribution in [3.05, 3.63) is 59.9 Å². The van der Waals surface area contributed by atoms with Gasteiger partial charge in [-0.3, -0.25) is 4.79 Å². The lowest BCUT2D eigenvalue weighted by Crippen LogP contribution is -2.19. The van der Waals surface area contributed by atoms with E-state index in [2.05, 4.69) is 0 Å². The molecule has 0 bridgehead atoms. The normalized spacial score (nSPS) is 24.1. The summed E-state index contributed by atoms with van der Waals surface area (Å²) in [7, 11) is 1.65. The van der Waals surface area contributed by atoms with Crippen LogP contribution in [0.4, 0.5) is 0 Å². The fraction of sp³-hybridized carbons (Fsp3) is 0.267. The maximum absolute atomic E-state index is 12.1. The van der Waals surface area contributed by atoms with Gasteiger partial charge in [-0.05, 0) is 17.7 Å². The van der Waals surface area contributed by atoms with E-state index in [1.165, 1.54) is 0 Å². The number of hydrogen-bond donors (Lipinski definition) is 0. The van der Waals surface area contributed by atoms with Crippen LogP contribution in [0.25, 0.3) is 0 Å². The van der Waals surface area contributed by atoms with Crippen LogP contribution in [-0.4, -0.2) is 12.9 Å². The van der Waals surface area contributed by atoms with Crippen LogP contribution in [-0.2, 0) is 9.53 Å². The van der Waals surface area contributed by atoms with Crippen molar-refractivity contribution in [1.29, 1.82) is 0 Å². The first-order valence-electron chi connectivity index (χ1n) is 5.75. The Morgan fingerprint density at radius 1 is 1.18 bits per heavy atom.